The second kappa shape index (κ2) is 6.43. The SMILES string of the molecule is CC1NCCCC1NS(=O)(=O)c1cc(Br)cc(C(N)=O)c1. The lowest BCUT2D eigenvalue weighted by molar-refractivity contribution is 0.1000. The minimum atomic E-state index is -3.70. The number of carbonyl (C=O) groups excluding carboxylic acids is 1. The monoisotopic (exact) mass is 375 g/mol. The summed E-state index contributed by atoms with van der Waals surface area (Å²) in [6.45, 7) is 2.84. The first kappa shape index (κ1) is 16.4. The van der Waals surface area contributed by atoms with Gasteiger partial charge in [-0.2, -0.15) is 0 Å². The van der Waals surface area contributed by atoms with Crippen molar-refractivity contribution in [3.63, 3.8) is 0 Å². The van der Waals surface area contributed by atoms with Crippen molar-refractivity contribution >= 4 is 31.9 Å². The van der Waals surface area contributed by atoms with Gasteiger partial charge >= 0.3 is 0 Å². The molecule has 2 rings (SSSR count). The Bertz CT molecular complexity index is 648. The van der Waals surface area contributed by atoms with Crippen LogP contribution < -0.4 is 15.8 Å². The third-order valence-corrected chi connectivity index (χ3v) is 5.46. The second-order valence-corrected chi connectivity index (χ2v) is 7.78. The molecule has 2 unspecified atom stereocenters. The van der Waals surface area contributed by atoms with E-state index in [1.165, 1.54) is 18.2 Å². The number of hydrogen-bond acceptors (Lipinski definition) is 4. The fourth-order valence-electron chi connectivity index (χ4n) is 2.33. The smallest absolute Gasteiger partial charge is 0.248 e. The summed E-state index contributed by atoms with van der Waals surface area (Å²) in [6, 6.07) is 4.13. The van der Waals surface area contributed by atoms with Crippen molar-refractivity contribution in [1.29, 1.82) is 0 Å². The van der Waals surface area contributed by atoms with Gasteiger partial charge in [-0.05, 0) is 44.5 Å². The van der Waals surface area contributed by atoms with Crippen LogP contribution in [0.1, 0.15) is 30.1 Å². The van der Waals surface area contributed by atoms with Crippen LogP contribution in [0.25, 0.3) is 0 Å². The highest BCUT2D eigenvalue weighted by atomic mass is 79.9. The molecule has 1 aliphatic heterocycles. The first-order chi connectivity index (χ1) is 9.79. The Labute approximate surface area is 132 Å². The van der Waals surface area contributed by atoms with Crippen molar-refractivity contribution in [2.24, 2.45) is 5.73 Å². The van der Waals surface area contributed by atoms with Crippen molar-refractivity contribution < 1.29 is 13.2 Å². The van der Waals surface area contributed by atoms with Crippen LogP contribution in [0.2, 0.25) is 0 Å². The first-order valence-corrected chi connectivity index (χ1v) is 8.93. The summed E-state index contributed by atoms with van der Waals surface area (Å²) in [6.07, 6.45) is 1.70. The molecular weight excluding hydrogens is 358 g/mol. The lowest BCUT2D eigenvalue weighted by atomic mass is 10.0. The molecule has 1 aromatic rings. The number of piperidine rings is 1. The van der Waals surface area contributed by atoms with Gasteiger partial charge in [-0.25, -0.2) is 13.1 Å². The molecule has 0 aromatic heterocycles. The Morgan fingerprint density at radius 3 is 2.76 bits per heavy atom. The minimum Gasteiger partial charge on any atom is -0.366 e. The molecule has 1 fully saturated rings. The molecule has 0 radical (unpaired) electrons. The number of halogens is 1. The molecule has 2 atom stereocenters. The van der Waals surface area contributed by atoms with E-state index in [-0.39, 0.29) is 22.5 Å². The number of benzene rings is 1. The average molecular weight is 376 g/mol. The van der Waals surface area contributed by atoms with Gasteiger partial charge in [0, 0.05) is 22.1 Å². The topological polar surface area (TPSA) is 101 Å². The zero-order chi connectivity index (χ0) is 15.6. The predicted octanol–water partition coefficient (Wildman–Crippen LogP) is 0.967. The van der Waals surface area contributed by atoms with Crippen LogP contribution in [-0.4, -0.2) is 33.0 Å². The van der Waals surface area contributed by atoms with Crippen molar-refractivity contribution in [2.45, 2.75) is 36.7 Å². The maximum Gasteiger partial charge on any atom is 0.248 e. The highest BCUT2D eigenvalue weighted by molar-refractivity contribution is 9.10. The molecule has 0 bridgehead atoms. The summed E-state index contributed by atoms with van der Waals surface area (Å²) >= 11 is 3.20. The molecule has 4 N–H and O–H groups in total. The normalized spacial score (nSPS) is 23.0. The van der Waals surface area contributed by atoms with Crippen LogP contribution >= 0.6 is 15.9 Å². The van der Waals surface area contributed by atoms with Crippen molar-refractivity contribution in [3.05, 3.63) is 28.2 Å². The molecule has 0 spiro atoms. The Morgan fingerprint density at radius 2 is 2.14 bits per heavy atom. The van der Waals surface area contributed by atoms with Crippen LogP contribution in [0.3, 0.4) is 0 Å². The maximum absolute atomic E-state index is 12.5. The summed E-state index contributed by atoms with van der Waals surface area (Å²) in [5.41, 5.74) is 5.37. The van der Waals surface area contributed by atoms with Gasteiger partial charge in [0.15, 0.2) is 0 Å². The Kier molecular flexibility index (Phi) is 5.03. The maximum atomic E-state index is 12.5. The van der Waals surface area contributed by atoms with Crippen molar-refractivity contribution in [2.75, 3.05) is 6.54 Å². The number of sulfonamides is 1. The summed E-state index contributed by atoms with van der Waals surface area (Å²) < 4.78 is 28.1. The van der Waals surface area contributed by atoms with Gasteiger partial charge in [-0.3, -0.25) is 4.79 Å². The average Bonchev–Trinajstić information content (AvgIpc) is 2.40. The molecule has 1 aliphatic rings. The van der Waals surface area contributed by atoms with E-state index in [0.29, 0.717) is 4.47 Å². The lowest BCUT2D eigenvalue weighted by Crippen LogP contribution is -2.51. The quantitative estimate of drug-likeness (QED) is 0.729. The standard InChI is InChI=1S/C13H18BrN3O3S/c1-8-12(3-2-4-16-8)17-21(19,20)11-6-9(13(15)18)5-10(14)7-11/h5-8,12,16-17H,2-4H2,1H3,(H2,15,18). The molecular formula is C13H18BrN3O3S. The number of primary amides is 1. The fourth-order valence-corrected chi connectivity index (χ4v) is 4.40. The van der Waals surface area contributed by atoms with Gasteiger partial charge in [-0.15, -0.1) is 0 Å². The summed E-state index contributed by atoms with van der Waals surface area (Å²) in [5, 5.41) is 3.24. The summed E-state index contributed by atoms with van der Waals surface area (Å²) in [4.78, 5) is 11.3. The Morgan fingerprint density at radius 1 is 1.43 bits per heavy atom. The van der Waals surface area contributed by atoms with Gasteiger partial charge in [0.25, 0.3) is 0 Å². The van der Waals surface area contributed by atoms with Gasteiger partial charge in [0.05, 0.1) is 4.90 Å². The highest BCUT2D eigenvalue weighted by Crippen LogP contribution is 2.21. The molecule has 6 nitrogen and oxygen atoms in total. The number of nitrogens with two attached hydrogens (primary N) is 1. The lowest BCUT2D eigenvalue weighted by Gasteiger charge is -2.30. The highest BCUT2D eigenvalue weighted by Gasteiger charge is 2.27. The molecule has 1 aromatic carbocycles. The molecule has 8 heteroatoms. The predicted molar refractivity (Wildman–Crippen MR) is 83.5 cm³/mol. The van der Waals surface area contributed by atoms with Gasteiger partial charge in [0.2, 0.25) is 15.9 Å². The zero-order valence-corrected chi connectivity index (χ0v) is 14.0. The Hall–Kier alpha value is -0.960. The van der Waals surface area contributed by atoms with E-state index in [1.807, 2.05) is 6.92 Å². The first-order valence-electron chi connectivity index (χ1n) is 6.66. The van der Waals surface area contributed by atoms with Gasteiger partial charge in [0.1, 0.15) is 0 Å². The van der Waals surface area contributed by atoms with E-state index in [1.54, 1.807) is 0 Å². The van der Waals surface area contributed by atoms with Crippen LogP contribution in [0.15, 0.2) is 27.6 Å². The molecule has 1 saturated heterocycles. The van der Waals surface area contributed by atoms with E-state index in [4.69, 9.17) is 5.73 Å². The van der Waals surface area contributed by atoms with E-state index < -0.39 is 15.9 Å². The molecule has 21 heavy (non-hydrogen) atoms. The van der Waals surface area contributed by atoms with E-state index in [9.17, 15) is 13.2 Å². The van der Waals surface area contributed by atoms with Gasteiger partial charge < -0.3 is 11.1 Å². The largest absolute Gasteiger partial charge is 0.366 e. The Balaban J connectivity index is 2.28. The summed E-state index contributed by atoms with van der Waals surface area (Å²) in [5.74, 6) is -0.666. The number of carbonyl (C=O) groups is 1. The molecule has 0 aliphatic carbocycles. The van der Waals surface area contributed by atoms with Crippen LogP contribution in [0, 0.1) is 0 Å². The van der Waals surface area contributed by atoms with Crippen LogP contribution in [0.5, 0.6) is 0 Å². The number of rotatable bonds is 4. The molecule has 116 valence electrons. The van der Waals surface area contributed by atoms with Crippen LogP contribution in [-0.2, 0) is 10.0 Å². The van der Waals surface area contributed by atoms with E-state index >= 15 is 0 Å². The van der Waals surface area contributed by atoms with Gasteiger partial charge in [-0.1, -0.05) is 15.9 Å². The van der Waals surface area contributed by atoms with Crippen molar-refractivity contribution in [3.8, 4) is 0 Å². The number of nitrogens with one attached hydrogen (secondary N) is 2. The van der Waals surface area contributed by atoms with E-state index in [0.717, 1.165) is 19.4 Å². The fraction of sp³-hybridized carbons (Fsp3) is 0.462. The number of hydrogen-bond donors (Lipinski definition) is 3. The third kappa shape index (κ3) is 4.03. The van der Waals surface area contributed by atoms with Crippen molar-refractivity contribution in [1.82, 2.24) is 10.0 Å². The molecule has 1 amide bonds. The minimum absolute atomic E-state index is 0.0310. The van der Waals surface area contributed by atoms with E-state index in [2.05, 4.69) is 26.0 Å². The molecule has 0 saturated carbocycles. The third-order valence-electron chi connectivity index (χ3n) is 3.53. The zero-order valence-electron chi connectivity index (χ0n) is 11.6. The molecule has 1 heterocycles. The second-order valence-electron chi connectivity index (χ2n) is 5.15. The summed E-state index contributed by atoms with van der Waals surface area (Å²) in [7, 11) is -3.70. The van der Waals surface area contributed by atoms with Crippen LogP contribution in [0.4, 0.5) is 0 Å². The number of amides is 1.